The van der Waals surface area contributed by atoms with Gasteiger partial charge in [0.1, 0.15) is 0 Å². The highest BCUT2D eigenvalue weighted by Gasteiger charge is 2.16. The molecule has 3 heteroatoms. The normalized spacial score (nSPS) is 14.2. The summed E-state index contributed by atoms with van der Waals surface area (Å²) in [6, 6.07) is 13.7. The molecule has 0 aliphatic heterocycles. The number of carbonyl (C=O) groups excluding carboxylic acids is 1. The molecule has 2 aromatic carbocycles. The second-order valence-electron chi connectivity index (χ2n) is 4.96. The zero-order valence-electron chi connectivity index (χ0n) is 12.2. The number of ether oxygens (including phenoxy) is 1. The third-order valence-electron chi connectivity index (χ3n) is 3.55. The average Bonchev–Trinajstić information content (AvgIpc) is 2.66. The highest BCUT2D eigenvalue weighted by Crippen LogP contribution is 2.35. The van der Waals surface area contributed by atoms with Crippen molar-refractivity contribution in [3.63, 3.8) is 0 Å². The van der Waals surface area contributed by atoms with Crippen molar-refractivity contribution in [2.45, 2.75) is 6.92 Å². The van der Waals surface area contributed by atoms with Crippen LogP contribution in [0.15, 0.2) is 48.5 Å². The van der Waals surface area contributed by atoms with Gasteiger partial charge in [0, 0.05) is 11.1 Å². The van der Waals surface area contributed by atoms with Gasteiger partial charge in [0.05, 0.1) is 6.61 Å². The quantitative estimate of drug-likeness (QED) is 0.501. The minimum atomic E-state index is -0.347. The lowest BCUT2D eigenvalue weighted by atomic mass is 9.93. The summed E-state index contributed by atoms with van der Waals surface area (Å²) in [5.74, 6) is -0.347. The van der Waals surface area contributed by atoms with Gasteiger partial charge in [-0.15, -0.1) is 0 Å². The number of esters is 1. The summed E-state index contributed by atoms with van der Waals surface area (Å²) in [5.41, 5.74) is 4.84. The maximum Gasteiger partial charge on any atom is 0.331 e. The number of hydrogen-bond donors (Lipinski definition) is 0. The number of hydrogen-bond acceptors (Lipinski definition) is 2. The van der Waals surface area contributed by atoms with E-state index in [1.807, 2.05) is 54.6 Å². The summed E-state index contributed by atoms with van der Waals surface area (Å²) >= 11 is 6.15. The zero-order chi connectivity index (χ0) is 15.5. The minimum absolute atomic E-state index is 0.347. The Labute approximate surface area is 134 Å². The molecule has 3 rings (SSSR count). The molecule has 2 nitrogen and oxygen atoms in total. The topological polar surface area (TPSA) is 26.3 Å². The SMILES string of the molecule is CCOC(=O)C=C1c2ccccc2C=Cc2ccc(Cl)cc21. The molecule has 1 aliphatic carbocycles. The molecule has 0 fully saturated rings. The summed E-state index contributed by atoms with van der Waals surface area (Å²) in [6.45, 7) is 2.15. The van der Waals surface area contributed by atoms with E-state index in [2.05, 4.69) is 0 Å². The summed E-state index contributed by atoms with van der Waals surface area (Å²) < 4.78 is 5.08. The zero-order valence-corrected chi connectivity index (χ0v) is 12.9. The van der Waals surface area contributed by atoms with Crippen molar-refractivity contribution in [1.82, 2.24) is 0 Å². The summed E-state index contributed by atoms with van der Waals surface area (Å²) in [5, 5.41) is 0.640. The molecular weight excluding hydrogens is 296 g/mol. The molecular formula is C19H15ClO2. The van der Waals surface area contributed by atoms with Gasteiger partial charge in [-0.25, -0.2) is 4.79 Å². The first kappa shape index (κ1) is 14.6. The first-order chi connectivity index (χ1) is 10.7. The lowest BCUT2D eigenvalue weighted by molar-refractivity contribution is -0.137. The first-order valence-electron chi connectivity index (χ1n) is 7.15. The number of benzene rings is 2. The van der Waals surface area contributed by atoms with Crippen LogP contribution in [0.1, 0.15) is 29.2 Å². The molecule has 0 bridgehead atoms. The van der Waals surface area contributed by atoms with Gasteiger partial charge in [0.2, 0.25) is 0 Å². The van der Waals surface area contributed by atoms with Crippen LogP contribution in [-0.2, 0) is 9.53 Å². The van der Waals surface area contributed by atoms with Gasteiger partial charge in [-0.05, 0) is 46.9 Å². The molecule has 0 unspecified atom stereocenters. The van der Waals surface area contributed by atoms with Crippen LogP contribution < -0.4 is 0 Å². The van der Waals surface area contributed by atoms with E-state index in [1.165, 1.54) is 0 Å². The van der Waals surface area contributed by atoms with Crippen LogP contribution >= 0.6 is 11.6 Å². The molecule has 2 aromatic rings. The molecule has 0 spiro atoms. The van der Waals surface area contributed by atoms with E-state index >= 15 is 0 Å². The maximum absolute atomic E-state index is 12.0. The van der Waals surface area contributed by atoms with Gasteiger partial charge in [0.25, 0.3) is 0 Å². The van der Waals surface area contributed by atoms with Crippen LogP contribution in [0.2, 0.25) is 5.02 Å². The fraction of sp³-hybridized carbons (Fsp3) is 0.105. The lowest BCUT2D eigenvalue weighted by Gasteiger charge is -2.12. The van der Waals surface area contributed by atoms with E-state index < -0.39 is 0 Å². The van der Waals surface area contributed by atoms with E-state index in [0.29, 0.717) is 11.6 Å². The predicted octanol–water partition coefficient (Wildman–Crippen LogP) is 4.82. The van der Waals surface area contributed by atoms with Gasteiger partial charge in [0.15, 0.2) is 0 Å². The van der Waals surface area contributed by atoms with Crippen molar-refractivity contribution in [3.05, 3.63) is 75.8 Å². The second kappa shape index (κ2) is 6.20. The van der Waals surface area contributed by atoms with Crippen LogP contribution in [0.4, 0.5) is 0 Å². The molecule has 0 saturated heterocycles. The molecule has 0 radical (unpaired) electrons. The smallest absolute Gasteiger partial charge is 0.331 e. The number of fused-ring (bicyclic) bond motifs is 2. The lowest BCUT2D eigenvalue weighted by Crippen LogP contribution is -2.02. The van der Waals surface area contributed by atoms with Crippen molar-refractivity contribution >= 4 is 35.3 Å². The van der Waals surface area contributed by atoms with Crippen molar-refractivity contribution in [2.24, 2.45) is 0 Å². The third-order valence-corrected chi connectivity index (χ3v) is 3.78. The number of rotatable bonds is 2. The Kier molecular flexibility index (Phi) is 4.12. The molecule has 0 saturated carbocycles. The Morgan fingerprint density at radius 3 is 2.59 bits per heavy atom. The molecule has 0 aromatic heterocycles. The molecule has 0 amide bonds. The van der Waals surface area contributed by atoms with Crippen LogP contribution in [0, 0.1) is 0 Å². The van der Waals surface area contributed by atoms with Crippen LogP contribution in [-0.4, -0.2) is 12.6 Å². The molecule has 0 N–H and O–H groups in total. The Balaban J connectivity index is 2.24. The van der Waals surface area contributed by atoms with Crippen molar-refractivity contribution < 1.29 is 9.53 Å². The van der Waals surface area contributed by atoms with Crippen LogP contribution in [0.3, 0.4) is 0 Å². The first-order valence-corrected chi connectivity index (χ1v) is 7.52. The van der Waals surface area contributed by atoms with Gasteiger partial charge < -0.3 is 4.74 Å². The predicted molar refractivity (Wildman–Crippen MR) is 90.5 cm³/mol. The molecule has 22 heavy (non-hydrogen) atoms. The second-order valence-corrected chi connectivity index (χ2v) is 5.40. The highest BCUT2D eigenvalue weighted by molar-refractivity contribution is 6.31. The Morgan fingerprint density at radius 1 is 1.09 bits per heavy atom. The highest BCUT2D eigenvalue weighted by atomic mass is 35.5. The minimum Gasteiger partial charge on any atom is -0.463 e. The van der Waals surface area contributed by atoms with Gasteiger partial charge in [-0.3, -0.25) is 0 Å². The van der Waals surface area contributed by atoms with Crippen molar-refractivity contribution in [2.75, 3.05) is 6.61 Å². The van der Waals surface area contributed by atoms with Gasteiger partial charge in [-0.1, -0.05) is 54.1 Å². The molecule has 1 aliphatic rings. The average molecular weight is 311 g/mol. The largest absolute Gasteiger partial charge is 0.463 e. The van der Waals surface area contributed by atoms with E-state index in [4.69, 9.17) is 16.3 Å². The monoisotopic (exact) mass is 310 g/mol. The fourth-order valence-corrected chi connectivity index (χ4v) is 2.75. The van der Waals surface area contributed by atoms with E-state index in [0.717, 1.165) is 27.8 Å². The Bertz CT molecular complexity index is 788. The Hall–Kier alpha value is -2.32. The number of carbonyl (C=O) groups is 1. The summed E-state index contributed by atoms with van der Waals surface area (Å²) in [6.07, 6.45) is 5.63. The van der Waals surface area contributed by atoms with Gasteiger partial charge >= 0.3 is 5.97 Å². The number of halogens is 1. The summed E-state index contributed by atoms with van der Waals surface area (Å²) in [7, 11) is 0. The molecule has 110 valence electrons. The third kappa shape index (κ3) is 2.83. The standard InChI is InChI=1S/C19H15ClO2/c1-2-22-19(21)12-18-16-6-4-3-5-13(16)7-8-14-9-10-15(20)11-17(14)18/h3-12H,2H2,1H3. The Morgan fingerprint density at radius 2 is 1.82 bits per heavy atom. The van der Waals surface area contributed by atoms with E-state index in [-0.39, 0.29) is 5.97 Å². The summed E-state index contributed by atoms with van der Waals surface area (Å²) in [4.78, 5) is 12.0. The fourth-order valence-electron chi connectivity index (χ4n) is 2.58. The van der Waals surface area contributed by atoms with Crippen molar-refractivity contribution in [1.29, 1.82) is 0 Å². The maximum atomic E-state index is 12.0. The van der Waals surface area contributed by atoms with Crippen LogP contribution in [0.25, 0.3) is 17.7 Å². The van der Waals surface area contributed by atoms with E-state index in [9.17, 15) is 4.79 Å². The van der Waals surface area contributed by atoms with Gasteiger partial charge in [-0.2, -0.15) is 0 Å². The van der Waals surface area contributed by atoms with E-state index in [1.54, 1.807) is 13.0 Å². The molecule has 0 heterocycles. The van der Waals surface area contributed by atoms with Crippen LogP contribution in [0.5, 0.6) is 0 Å². The molecule has 0 atom stereocenters. The van der Waals surface area contributed by atoms with Crippen molar-refractivity contribution in [3.8, 4) is 0 Å².